The fourth-order valence-electron chi connectivity index (χ4n) is 0.782. The summed E-state index contributed by atoms with van der Waals surface area (Å²) in [5, 5.41) is 0. The molecule has 52 valence electrons. The normalized spacial score (nSPS) is 32.4. The molecule has 1 fully saturated rings. The second kappa shape index (κ2) is 2.67. The molecule has 0 spiro atoms. The third kappa shape index (κ3) is 2.01. The average molecular weight is 242 g/mol. The van der Waals surface area contributed by atoms with Gasteiger partial charge in [-0.1, -0.05) is 0 Å². The first-order valence-electron chi connectivity index (χ1n) is 2.91. The molecule has 0 N–H and O–H groups in total. The number of rotatable bonds is 1. The minimum atomic E-state index is -0.362. The van der Waals surface area contributed by atoms with E-state index >= 15 is 0 Å². The van der Waals surface area contributed by atoms with Gasteiger partial charge in [-0.3, -0.25) is 0 Å². The fraction of sp³-hybridized carbons (Fsp3) is 0.833. The third-order valence-corrected chi connectivity index (χ3v) is 2.05. The first kappa shape index (κ1) is 7.68. The van der Waals surface area contributed by atoms with Crippen LogP contribution in [0.2, 0.25) is 0 Å². The van der Waals surface area contributed by atoms with Gasteiger partial charge in [0.05, 0.1) is 0 Å². The van der Waals surface area contributed by atoms with Crippen LogP contribution < -0.4 is 0 Å². The maximum absolute atomic E-state index is 5.42. The summed E-state index contributed by atoms with van der Waals surface area (Å²) in [6, 6.07) is 0. The van der Waals surface area contributed by atoms with Crippen LogP contribution in [0.4, 0.5) is 0 Å². The summed E-state index contributed by atoms with van der Waals surface area (Å²) in [6.45, 7) is 4.56. The van der Waals surface area contributed by atoms with Crippen molar-refractivity contribution in [3.05, 3.63) is 0 Å². The summed E-state index contributed by atoms with van der Waals surface area (Å²) < 4.78 is 12.7. The van der Waals surface area contributed by atoms with Crippen LogP contribution in [0.15, 0.2) is 0 Å². The molecule has 1 aliphatic heterocycles. The summed E-state index contributed by atoms with van der Waals surface area (Å²) in [6.07, 6.45) is 0.199. The van der Waals surface area contributed by atoms with Gasteiger partial charge in [0.1, 0.15) is 0 Å². The zero-order chi connectivity index (χ0) is 6.91. The van der Waals surface area contributed by atoms with Crippen molar-refractivity contribution in [3.63, 3.8) is 0 Å². The van der Waals surface area contributed by atoms with Gasteiger partial charge in [0.2, 0.25) is 0 Å². The predicted molar refractivity (Wildman–Crippen MR) is 36.7 cm³/mol. The van der Waals surface area contributed by atoms with Gasteiger partial charge in [0, 0.05) is 0 Å². The van der Waals surface area contributed by atoms with Crippen molar-refractivity contribution in [2.45, 2.75) is 25.7 Å². The van der Waals surface area contributed by atoms with Crippen LogP contribution in [0.1, 0.15) is 13.8 Å². The number of hydrogen-bond donors (Lipinski definition) is 0. The Labute approximate surface area is 67.9 Å². The molecule has 0 saturated carbocycles. The van der Waals surface area contributed by atoms with E-state index in [-0.39, 0.29) is 11.9 Å². The Hall–Kier alpha value is 0.580. The van der Waals surface area contributed by atoms with E-state index in [0.717, 1.165) is 0 Å². The zero-order valence-corrected chi connectivity index (χ0v) is 7.92. The Balaban J connectivity index is 2.47. The summed E-state index contributed by atoms with van der Waals surface area (Å²) in [5.41, 5.74) is 0. The van der Waals surface area contributed by atoms with Crippen LogP contribution in [-0.4, -0.2) is 44.4 Å². The average Bonchev–Trinajstić information content (AvgIpc) is 2.10. The van der Waals surface area contributed by atoms with Crippen molar-refractivity contribution in [1.29, 1.82) is 0 Å². The molecule has 0 radical (unpaired) electrons. The van der Waals surface area contributed by atoms with Gasteiger partial charge < -0.3 is 0 Å². The van der Waals surface area contributed by atoms with Gasteiger partial charge in [-0.25, -0.2) is 0 Å². The van der Waals surface area contributed by atoms with Crippen LogP contribution >= 0.6 is 0 Å². The van der Waals surface area contributed by atoms with Gasteiger partial charge in [-0.2, -0.15) is 0 Å². The standard InChI is InChI=1S/C6H10O2Te/c1-6(2)7-3-5(4-9)8-6/h4-5H,3H2,1-2H3/t5-/m1/s1. The Kier molecular flexibility index (Phi) is 2.28. The molecule has 0 bridgehead atoms. The zero-order valence-electron chi connectivity index (χ0n) is 5.59. The van der Waals surface area contributed by atoms with E-state index in [0.29, 0.717) is 6.61 Å². The van der Waals surface area contributed by atoms with Gasteiger partial charge in [0.15, 0.2) is 0 Å². The molecule has 0 aliphatic carbocycles. The van der Waals surface area contributed by atoms with Crippen molar-refractivity contribution < 1.29 is 9.47 Å². The quantitative estimate of drug-likeness (QED) is 0.607. The molecule has 2 nitrogen and oxygen atoms in total. The van der Waals surface area contributed by atoms with Crippen molar-refractivity contribution >= 4 is 25.9 Å². The summed E-state index contributed by atoms with van der Waals surface area (Å²) in [7, 11) is 0. The van der Waals surface area contributed by atoms with Crippen LogP contribution in [0.25, 0.3) is 0 Å². The van der Waals surface area contributed by atoms with Gasteiger partial charge in [-0.15, -0.1) is 0 Å². The second-order valence-electron chi connectivity index (χ2n) is 2.50. The van der Waals surface area contributed by atoms with Gasteiger partial charge in [0.25, 0.3) is 0 Å². The van der Waals surface area contributed by atoms with E-state index in [1.807, 2.05) is 39.7 Å². The third-order valence-electron chi connectivity index (χ3n) is 1.18. The summed E-state index contributed by atoms with van der Waals surface area (Å²) in [4.78, 5) is 0. The molecule has 0 aromatic carbocycles. The Bertz CT molecular complexity index is 122. The first-order chi connectivity index (χ1) is 4.14. The molecular formula is C6H10O2Te. The Morgan fingerprint density at radius 2 is 2.33 bits per heavy atom. The van der Waals surface area contributed by atoms with Crippen LogP contribution in [0.3, 0.4) is 0 Å². The SMILES string of the molecule is CC1(C)OC[C@H](C=[Te])O1. The van der Waals surface area contributed by atoms with E-state index in [1.165, 1.54) is 0 Å². The molecule has 9 heavy (non-hydrogen) atoms. The summed E-state index contributed by atoms with van der Waals surface area (Å²) in [5.74, 6) is -0.362. The van der Waals surface area contributed by atoms with Crippen molar-refractivity contribution in [2.24, 2.45) is 0 Å². The molecule has 0 aromatic rings. The predicted octanol–water partition coefficient (Wildman–Crippen LogP) is 0.109. The van der Waals surface area contributed by atoms with Crippen LogP contribution in [-0.2, 0) is 9.47 Å². The molecule has 1 saturated heterocycles. The second-order valence-corrected chi connectivity index (χ2v) is 3.28. The van der Waals surface area contributed by atoms with Crippen molar-refractivity contribution in [2.75, 3.05) is 6.61 Å². The maximum atomic E-state index is 5.42. The van der Waals surface area contributed by atoms with Crippen molar-refractivity contribution in [1.82, 2.24) is 0 Å². The van der Waals surface area contributed by atoms with Crippen LogP contribution in [0, 0.1) is 0 Å². The van der Waals surface area contributed by atoms with Gasteiger partial charge in [-0.05, 0) is 0 Å². The molecule has 1 rings (SSSR count). The van der Waals surface area contributed by atoms with E-state index in [1.54, 1.807) is 0 Å². The van der Waals surface area contributed by atoms with E-state index in [4.69, 9.17) is 9.47 Å². The molecule has 1 heterocycles. The molecule has 1 aliphatic rings. The first-order valence-corrected chi connectivity index (χ1v) is 4.26. The molecular weight excluding hydrogens is 232 g/mol. The van der Waals surface area contributed by atoms with Crippen LogP contribution in [0.5, 0.6) is 0 Å². The Morgan fingerprint density at radius 3 is 2.56 bits per heavy atom. The molecule has 3 heteroatoms. The molecule has 1 atom stereocenters. The number of ether oxygens (including phenoxy) is 2. The topological polar surface area (TPSA) is 18.5 Å². The minimum absolute atomic E-state index is 0.199. The van der Waals surface area contributed by atoms with Gasteiger partial charge >= 0.3 is 67.7 Å². The molecule has 0 unspecified atom stereocenters. The Morgan fingerprint density at radius 1 is 1.67 bits per heavy atom. The number of hydrogen-bond acceptors (Lipinski definition) is 2. The molecule has 0 amide bonds. The summed E-state index contributed by atoms with van der Waals surface area (Å²) >= 11 is 1.92. The van der Waals surface area contributed by atoms with E-state index in [2.05, 4.69) is 0 Å². The fourth-order valence-corrected chi connectivity index (χ4v) is 1.17. The van der Waals surface area contributed by atoms with Crippen molar-refractivity contribution in [3.8, 4) is 0 Å². The monoisotopic (exact) mass is 244 g/mol. The van der Waals surface area contributed by atoms with E-state index < -0.39 is 0 Å². The van der Waals surface area contributed by atoms with E-state index in [9.17, 15) is 0 Å². The molecule has 0 aromatic heterocycles.